The van der Waals surface area contributed by atoms with Crippen molar-refractivity contribution in [1.82, 2.24) is 10.6 Å². The fourth-order valence-electron chi connectivity index (χ4n) is 3.20. The van der Waals surface area contributed by atoms with Gasteiger partial charge in [-0.3, -0.25) is 9.59 Å². The summed E-state index contributed by atoms with van der Waals surface area (Å²) < 4.78 is 0. The molecule has 19 heavy (non-hydrogen) atoms. The van der Waals surface area contributed by atoms with Crippen LogP contribution in [-0.2, 0) is 9.59 Å². The number of carboxylic acids is 1. The van der Waals surface area contributed by atoms with Gasteiger partial charge < -0.3 is 15.7 Å². The van der Waals surface area contributed by atoms with Gasteiger partial charge in [-0.1, -0.05) is 13.3 Å². The molecule has 0 bridgehead atoms. The molecule has 1 aliphatic heterocycles. The minimum Gasteiger partial charge on any atom is -0.481 e. The van der Waals surface area contributed by atoms with Crippen molar-refractivity contribution in [3.05, 3.63) is 0 Å². The Balaban J connectivity index is 1.77. The highest BCUT2D eigenvalue weighted by Gasteiger charge is 2.57. The molecule has 2 unspecified atom stereocenters. The van der Waals surface area contributed by atoms with E-state index in [4.69, 9.17) is 5.11 Å². The van der Waals surface area contributed by atoms with E-state index < -0.39 is 11.9 Å². The van der Waals surface area contributed by atoms with Gasteiger partial charge in [-0.15, -0.1) is 0 Å². The molecular formula is C14H24N2O3. The molecule has 1 heterocycles. The average Bonchev–Trinajstić information content (AvgIpc) is 3.08. The molecule has 1 aliphatic carbocycles. The monoisotopic (exact) mass is 268 g/mol. The third kappa shape index (κ3) is 3.26. The van der Waals surface area contributed by atoms with E-state index in [1.807, 2.05) is 6.92 Å². The van der Waals surface area contributed by atoms with Crippen LogP contribution in [0.1, 0.15) is 39.0 Å². The quantitative estimate of drug-likeness (QED) is 0.671. The Morgan fingerprint density at radius 1 is 1.42 bits per heavy atom. The van der Waals surface area contributed by atoms with Crippen LogP contribution in [0.4, 0.5) is 0 Å². The van der Waals surface area contributed by atoms with Crippen LogP contribution in [0, 0.1) is 17.3 Å². The van der Waals surface area contributed by atoms with E-state index in [1.54, 1.807) is 0 Å². The number of carbonyl (C=O) groups excluding carboxylic acids is 1. The van der Waals surface area contributed by atoms with Crippen LogP contribution >= 0.6 is 0 Å². The van der Waals surface area contributed by atoms with Crippen LogP contribution in [0.5, 0.6) is 0 Å². The van der Waals surface area contributed by atoms with Gasteiger partial charge in [0.25, 0.3) is 0 Å². The van der Waals surface area contributed by atoms with Crippen LogP contribution in [0.15, 0.2) is 0 Å². The molecule has 1 saturated heterocycles. The fraction of sp³-hybridized carbons (Fsp3) is 0.857. The van der Waals surface area contributed by atoms with E-state index in [-0.39, 0.29) is 23.8 Å². The Hall–Kier alpha value is -1.10. The van der Waals surface area contributed by atoms with Crippen LogP contribution in [-0.4, -0.2) is 36.6 Å². The maximum Gasteiger partial charge on any atom is 0.308 e. The maximum atomic E-state index is 12.1. The molecule has 2 fully saturated rings. The third-order valence-corrected chi connectivity index (χ3v) is 4.61. The highest BCUT2D eigenvalue weighted by Crippen LogP contribution is 2.58. The molecule has 0 aromatic heterocycles. The lowest BCUT2D eigenvalue weighted by Crippen LogP contribution is -2.37. The number of hydrogen-bond donors (Lipinski definition) is 3. The van der Waals surface area contributed by atoms with E-state index in [9.17, 15) is 9.59 Å². The molecule has 2 aliphatic rings. The minimum absolute atomic E-state index is 0.0595. The topological polar surface area (TPSA) is 78.4 Å². The maximum absolute atomic E-state index is 12.1. The summed E-state index contributed by atoms with van der Waals surface area (Å²) in [5.41, 5.74) is 0.221. The molecule has 0 aromatic carbocycles. The largest absolute Gasteiger partial charge is 0.481 e. The number of rotatable bonds is 6. The molecule has 1 amide bonds. The zero-order chi connectivity index (χ0) is 13.9. The van der Waals surface area contributed by atoms with E-state index >= 15 is 0 Å². The van der Waals surface area contributed by atoms with Crippen molar-refractivity contribution in [2.24, 2.45) is 17.3 Å². The van der Waals surface area contributed by atoms with E-state index in [0.29, 0.717) is 6.42 Å². The Kier molecular flexibility index (Phi) is 4.45. The molecule has 3 N–H and O–H groups in total. The van der Waals surface area contributed by atoms with Gasteiger partial charge in [0.15, 0.2) is 0 Å². The van der Waals surface area contributed by atoms with Crippen LogP contribution in [0.25, 0.3) is 0 Å². The van der Waals surface area contributed by atoms with Crippen molar-refractivity contribution in [3.63, 3.8) is 0 Å². The lowest BCUT2D eigenvalue weighted by molar-refractivity contribution is -0.142. The molecule has 0 aromatic rings. The predicted octanol–water partition coefficient (Wildman–Crippen LogP) is 0.993. The van der Waals surface area contributed by atoms with Gasteiger partial charge >= 0.3 is 5.97 Å². The van der Waals surface area contributed by atoms with Crippen LogP contribution in [0.2, 0.25) is 0 Å². The number of hydrogen-bond acceptors (Lipinski definition) is 3. The number of piperidine rings is 1. The molecule has 5 heteroatoms. The number of aliphatic carboxylic acids is 1. The molecule has 1 spiro atoms. The first-order valence-corrected chi connectivity index (χ1v) is 7.30. The van der Waals surface area contributed by atoms with E-state index in [0.717, 1.165) is 38.8 Å². The summed E-state index contributed by atoms with van der Waals surface area (Å²) in [6, 6.07) is 0. The second-order valence-corrected chi connectivity index (χ2v) is 5.94. The molecule has 1 saturated carbocycles. The van der Waals surface area contributed by atoms with Crippen LogP contribution < -0.4 is 10.6 Å². The molecule has 0 radical (unpaired) electrons. The van der Waals surface area contributed by atoms with Gasteiger partial charge in [-0.25, -0.2) is 0 Å². The van der Waals surface area contributed by atoms with Gasteiger partial charge in [0, 0.05) is 12.5 Å². The molecule has 108 valence electrons. The number of nitrogens with one attached hydrogen (secondary N) is 2. The normalized spacial score (nSPS) is 25.8. The summed E-state index contributed by atoms with van der Waals surface area (Å²) in [6.07, 6.45) is 4.57. The Bertz CT molecular complexity index is 351. The summed E-state index contributed by atoms with van der Waals surface area (Å²) in [5.74, 6) is -1.08. The highest BCUT2D eigenvalue weighted by atomic mass is 16.4. The lowest BCUT2D eigenvalue weighted by Gasteiger charge is -2.23. The van der Waals surface area contributed by atoms with E-state index in [2.05, 4.69) is 10.6 Å². The Morgan fingerprint density at radius 3 is 2.68 bits per heavy atom. The van der Waals surface area contributed by atoms with Crippen molar-refractivity contribution < 1.29 is 14.7 Å². The number of carbonyl (C=O) groups is 2. The van der Waals surface area contributed by atoms with Crippen molar-refractivity contribution in [3.8, 4) is 0 Å². The predicted molar refractivity (Wildman–Crippen MR) is 71.7 cm³/mol. The summed E-state index contributed by atoms with van der Waals surface area (Å²) in [6.45, 7) is 4.23. The third-order valence-electron chi connectivity index (χ3n) is 4.61. The highest BCUT2D eigenvalue weighted by molar-refractivity contribution is 5.83. The van der Waals surface area contributed by atoms with Gasteiger partial charge in [-0.2, -0.15) is 0 Å². The van der Waals surface area contributed by atoms with Gasteiger partial charge in [0.05, 0.1) is 5.92 Å². The first-order chi connectivity index (χ1) is 9.09. The first-order valence-electron chi connectivity index (χ1n) is 7.30. The fourth-order valence-corrected chi connectivity index (χ4v) is 3.20. The van der Waals surface area contributed by atoms with Gasteiger partial charge in [-0.05, 0) is 44.2 Å². The summed E-state index contributed by atoms with van der Waals surface area (Å²) in [4.78, 5) is 23.1. The summed E-state index contributed by atoms with van der Waals surface area (Å²) in [5, 5.41) is 15.2. The summed E-state index contributed by atoms with van der Waals surface area (Å²) >= 11 is 0. The standard InChI is InChI=1S/C14H24N2O3/c1-2-3-10(13(18)19)9-16-12(17)11-8-14(11)4-6-15-7-5-14/h10-11,15H,2-9H2,1H3,(H,16,17)(H,18,19). The van der Waals surface area contributed by atoms with Gasteiger partial charge in [0.2, 0.25) is 5.91 Å². The Labute approximate surface area is 114 Å². The molecule has 2 atom stereocenters. The van der Waals surface area contributed by atoms with Crippen molar-refractivity contribution in [2.75, 3.05) is 19.6 Å². The zero-order valence-electron chi connectivity index (χ0n) is 11.6. The van der Waals surface area contributed by atoms with Crippen molar-refractivity contribution >= 4 is 11.9 Å². The SMILES string of the molecule is CCCC(CNC(=O)C1CC12CCNCC2)C(=O)O. The molecular weight excluding hydrogens is 244 g/mol. The zero-order valence-corrected chi connectivity index (χ0v) is 11.6. The second-order valence-electron chi connectivity index (χ2n) is 5.94. The van der Waals surface area contributed by atoms with Crippen molar-refractivity contribution in [2.45, 2.75) is 39.0 Å². The number of amides is 1. The minimum atomic E-state index is -0.811. The second kappa shape index (κ2) is 5.90. The first kappa shape index (κ1) is 14.3. The average molecular weight is 268 g/mol. The van der Waals surface area contributed by atoms with Crippen LogP contribution in [0.3, 0.4) is 0 Å². The number of carboxylic acid groups (broad SMARTS) is 1. The van der Waals surface area contributed by atoms with E-state index in [1.165, 1.54) is 0 Å². The molecule has 5 nitrogen and oxygen atoms in total. The summed E-state index contributed by atoms with van der Waals surface area (Å²) in [7, 11) is 0. The molecule has 2 rings (SSSR count). The smallest absolute Gasteiger partial charge is 0.308 e. The Morgan fingerprint density at radius 2 is 2.11 bits per heavy atom. The van der Waals surface area contributed by atoms with Gasteiger partial charge in [0.1, 0.15) is 0 Å². The van der Waals surface area contributed by atoms with Crippen molar-refractivity contribution in [1.29, 1.82) is 0 Å². The lowest BCUT2D eigenvalue weighted by atomic mass is 9.91.